The van der Waals surface area contributed by atoms with Crippen molar-refractivity contribution >= 4 is 11.3 Å². The van der Waals surface area contributed by atoms with Gasteiger partial charge in [-0.25, -0.2) is 9.50 Å². The predicted octanol–water partition coefficient (Wildman–Crippen LogP) is 4.22. The fourth-order valence-electron chi connectivity index (χ4n) is 3.11. The number of imidazole rings is 1. The van der Waals surface area contributed by atoms with Gasteiger partial charge in [0.15, 0.2) is 5.65 Å². The van der Waals surface area contributed by atoms with Gasteiger partial charge in [0.05, 0.1) is 17.6 Å². The molecular formula is C22H20N4. The molecule has 0 saturated heterocycles. The minimum absolute atomic E-state index is 0.550. The fraction of sp³-hybridized carbons (Fsp3) is 0.0909. The number of hydrogen-bond donors (Lipinski definition) is 1. The lowest BCUT2D eigenvalue weighted by Crippen LogP contribution is -2.01. The van der Waals surface area contributed by atoms with Gasteiger partial charge >= 0.3 is 0 Å². The molecule has 128 valence electrons. The third-order valence-corrected chi connectivity index (χ3v) is 4.41. The summed E-state index contributed by atoms with van der Waals surface area (Å²) in [7, 11) is 0. The van der Waals surface area contributed by atoms with Crippen molar-refractivity contribution < 1.29 is 0 Å². The van der Waals surface area contributed by atoms with Crippen LogP contribution in [0.3, 0.4) is 0 Å². The zero-order valence-electron chi connectivity index (χ0n) is 14.7. The number of rotatable bonds is 4. The molecule has 4 heteroatoms. The second-order valence-electron chi connectivity index (χ2n) is 6.51. The minimum atomic E-state index is 0.550. The smallest absolute Gasteiger partial charge is 0.154 e. The Morgan fingerprint density at radius 1 is 1.08 bits per heavy atom. The first-order valence-corrected chi connectivity index (χ1v) is 8.54. The molecule has 0 saturated carbocycles. The van der Waals surface area contributed by atoms with E-state index in [1.807, 2.05) is 47.1 Å². The fourth-order valence-corrected chi connectivity index (χ4v) is 3.11. The number of nitrogens with zero attached hydrogens (tertiary/aromatic N) is 3. The molecule has 26 heavy (non-hydrogen) atoms. The van der Waals surface area contributed by atoms with Gasteiger partial charge in [0.1, 0.15) is 0 Å². The average molecular weight is 340 g/mol. The molecule has 0 atom stereocenters. The van der Waals surface area contributed by atoms with Crippen molar-refractivity contribution in [3.8, 4) is 11.3 Å². The summed E-state index contributed by atoms with van der Waals surface area (Å²) < 4.78 is 1.89. The van der Waals surface area contributed by atoms with E-state index in [1.165, 1.54) is 11.1 Å². The van der Waals surface area contributed by atoms with Crippen LogP contribution in [0.25, 0.3) is 22.6 Å². The zero-order valence-corrected chi connectivity index (χ0v) is 14.7. The van der Waals surface area contributed by atoms with Crippen LogP contribution in [0.1, 0.15) is 22.4 Å². The van der Waals surface area contributed by atoms with Gasteiger partial charge in [0, 0.05) is 17.7 Å². The number of fused-ring (bicyclic) bond motifs is 1. The lowest BCUT2D eigenvalue weighted by atomic mass is 10.1. The zero-order chi connectivity index (χ0) is 18.1. The summed E-state index contributed by atoms with van der Waals surface area (Å²) >= 11 is 0. The molecule has 0 spiro atoms. The highest BCUT2D eigenvalue weighted by molar-refractivity contribution is 5.70. The first kappa shape index (κ1) is 16.1. The van der Waals surface area contributed by atoms with Gasteiger partial charge in [-0.2, -0.15) is 5.10 Å². The molecule has 2 heterocycles. The van der Waals surface area contributed by atoms with Crippen molar-refractivity contribution in [3.05, 3.63) is 95.8 Å². The van der Waals surface area contributed by atoms with Gasteiger partial charge in [-0.1, -0.05) is 54.6 Å². The van der Waals surface area contributed by atoms with E-state index in [0.717, 1.165) is 34.6 Å². The summed E-state index contributed by atoms with van der Waals surface area (Å²) in [6, 6.07) is 20.5. The lowest BCUT2D eigenvalue weighted by molar-refractivity contribution is 0.879. The van der Waals surface area contributed by atoms with Gasteiger partial charge in [-0.05, 0) is 36.2 Å². The van der Waals surface area contributed by atoms with Crippen LogP contribution in [0.4, 0.5) is 0 Å². The van der Waals surface area contributed by atoms with Crippen LogP contribution < -0.4 is 5.73 Å². The quantitative estimate of drug-likeness (QED) is 0.605. The van der Waals surface area contributed by atoms with Gasteiger partial charge < -0.3 is 5.73 Å². The topological polar surface area (TPSA) is 56.2 Å². The maximum atomic E-state index is 5.84. The summed E-state index contributed by atoms with van der Waals surface area (Å²) in [6.07, 6.45) is 2.63. The van der Waals surface area contributed by atoms with Crippen LogP contribution in [-0.4, -0.2) is 14.6 Å². The Labute approximate surface area is 152 Å². The number of nitrogens with two attached hydrogens (primary N) is 1. The monoisotopic (exact) mass is 340 g/mol. The van der Waals surface area contributed by atoms with Crippen molar-refractivity contribution in [2.24, 2.45) is 5.73 Å². The van der Waals surface area contributed by atoms with Gasteiger partial charge in [-0.15, -0.1) is 0 Å². The van der Waals surface area contributed by atoms with Crippen LogP contribution in [0.5, 0.6) is 0 Å². The molecule has 4 rings (SSSR count). The summed E-state index contributed by atoms with van der Waals surface area (Å²) in [5, 5.41) is 4.81. The van der Waals surface area contributed by atoms with Crippen LogP contribution in [0, 0.1) is 6.92 Å². The standard InChI is InChI=1S/C22H20N4/c1-15-5-3-6-17(11-15)12-20-9-10-22-24-14-21(26(22)25-20)19-8-4-7-18(13-19)16(2)23/h3-11,13-14H,2,12,23H2,1H3. The molecule has 2 aromatic heterocycles. The Hall–Kier alpha value is -3.40. The summed E-state index contributed by atoms with van der Waals surface area (Å²) in [6.45, 7) is 5.92. The van der Waals surface area contributed by atoms with E-state index in [4.69, 9.17) is 10.8 Å². The van der Waals surface area contributed by atoms with Crippen LogP contribution in [-0.2, 0) is 6.42 Å². The van der Waals surface area contributed by atoms with E-state index < -0.39 is 0 Å². The Bertz CT molecular complexity index is 1110. The number of hydrogen-bond acceptors (Lipinski definition) is 3. The average Bonchev–Trinajstić information content (AvgIpc) is 3.05. The Morgan fingerprint density at radius 3 is 2.73 bits per heavy atom. The summed E-state index contributed by atoms with van der Waals surface area (Å²) in [5.41, 5.74) is 13.6. The normalized spacial score (nSPS) is 11.0. The van der Waals surface area contributed by atoms with E-state index in [9.17, 15) is 0 Å². The molecule has 0 amide bonds. The van der Waals surface area contributed by atoms with Crippen molar-refractivity contribution in [3.63, 3.8) is 0 Å². The molecule has 2 N–H and O–H groups in total. The van der Waals surface area contributed by atoms with Crippen molar-refractivity contribution in [1.82, 2.24) is 14.6 Å². The Morgan fingerprint density at radius 2 is 1.92 bits per heavy atom. The minimum Gasteiger partial charge on any atom is -0.399 e. The first-order valence-electron chi connectivity index (χ1n) is 8.54. The molecule has 4 aromatic rings. The lowest BCUT2D eigenvalue weighted by Gasteiger charge is -2.07. The molecule has 2 aromatic carbocycles. The molecule has 0 radical (unpaired) electrons. The van der Waals surface area contributed by atoms with Crippen LogP contribution >= 0.6 is 0 Å². The Balaban J connectivity index is 1.75. The van der Waals surface area contributed by atoms with Gasteiger partial charge in [-0.3, -0.25) is 0 Å². The molecule has 0 unspecified atom stereocenters. The van der Waals surface area contributed by atoms with Crippen molar-refractivity contribution in [1.29, 1.82) is 0 Å². The third kappa shape index (κ3) is 3.09. The van der Waals surface area contributed by atoms with Crippen LogP contribution in [0.15, 0.2) is 73.4 Å². The van der Waals surface area contributed by atoms with E-state index in [2.05, 4.69) is 42.8 Å². The molecule has 0 fully saturated rings. The van der Waals surface area contributed by atoms with E-state index in [1.54, 1.807) is 0 Å². The first-order chi connectivity index (χ1) is 12.6. The highest BCUT2D eigenvalue weighted by Gasteiger charge is 2.09. The van der Waals surface area contributed by atoms with E-state index >= 15 is 0 Å². The number of benzene rings is 2. The Kier molecular flexibility index (Phi) is 4.01. The van der Waals surface area contributed by atoms with Gasteiger partial charge in [0.2, 0.25) is 0 Å². The molecule has 4 nitrogen and oxygen atoms in total. The van der Waals surface area contributed by atoms with Crippen molar-refractivity contribution in [2.45, 2.75) is 13.3 Å². The second kappa shape index (κ2) is 6.48. The molecule has 0 aliphatic heterocycles. The molecule has 0 bridgehead atoms. The summed E-state index contributed by atoms with van der Waals surface area (Å²) in [5.74, 6) is 0. The largest absolute Gasteiger partial charge is 0.399 e. The SMILES string of the molecule is C=C(N)c1cccc(-c2cnc3ccc(Cc4cccc(C)c4)nn23)c1. The maximum Gasteiger partial charge on any atom is 0.154 e. The molecule has 0 aliphatic rings. The second-order valence-corrected chi connectivity index (χ2v) is 6.51. The molecule has 0 aliphatic carbocycles. The predicted molar refractivity (Wildman–Crippen MR) is 106 cm³/mol. The third-order valence-electron chi connectivity index (χ3n) is 4.41. The van der Waals surface area contributed by atoms with Crippen LogP contribution in [0.2, 0.25) is 0 Å². The van der Waals surface area contributed by atoms with Crippen molar-refractivity contribution in [2.75, 3.05) is 0 Å². The van der Waals surface area contributed by atoms with Gasteiger partial charge in [0.25, 0.3) is 0 Å². The van der Waals surface area contributed by atoms with E-state index in [0.29, 0.717) is 5.70 Å². The van der Waals surface area contributed by atoms with E-state index in [-0.39, 0.29) is 0 Å². The highest BCUT2D eigenvalue weighted by atomic mass is 15.3. The highest BCUT2D eigenvalue weighted by Crippen LogP contribution is 2.23. The number of aromatic nitrogens is 3. The molecular weight excluding hydrogens is 320 g/mol. The number of aryl methyl sites for hydroxylation is 1. The maximum absolute atomic E-state index is 5.84. The summed E-state index contributed by atoms with van der Waals surface area (Å²) in [4.78, 5) is 4.48.